The van der Waals surface area contributed by atoms with Crippen molar-refractivity contribution < 1.29 is 13.2 Å². The summed E-state index contributed by atoms with van der Waals surface area (Å²) >= 11 is 5.22. The number of rotatable bonds is 7. The van der Waals surface area contributed by atoms with Crippen LogP contribution in [-0.2, 0) is 21.2 Å². The third-order valence-electron chi connectivity index (χ3n) is 4.90. The highest BCUT2D eigenvalue weighted by molar-refractivity contribution is 7.92. The third kappa shape index (κ3) is 5.72. The summed E-state index contributed by atoms with van der Waals surface area (Å²) in [6.07, 6.45) is 0.220. The number of aryl methyl sites for hydroxylation is 1. The van der Waals surface area contributed by atoms with Gasteiger partial charge in [-0.1, -0.05) is 42.5 Å². The number of amides is 1. The summed E-state index contributed by atoms with van der Waals surface area (Å²) in [6.45, 7) is 4.05. The number of anilines is 2. The molecule has 2 N–H and O–H groups in total. The highest BCUT2D eigenvalue weighted by Gasteiger charge is 2.23. The van der Waals surface area contributed by atoms with Crippen LogP contribution >= 0.6 is 12.2 Å². The average molecular weight is 468 g/mol. The number of benzene rings is 3. The van der Waals surface area contributed by atoms with Crippen LogP contribution in [0.2, 0.25) is 0 Å². The second-order valence-electron chi connectivity index (χ2n) is 7.14. The Morgan fingerprint density at radius 1 is 0.938 bits per heavy atom. The van der Waals surface area contributed by atoms with Crippen molar-refractivity contribution in [2.24, 2.45) is 0 Å². The second-order valence-corrected chi connectivity index (χ2v) is 9.41. The number of hydrogen-bond acceptors (Lipinski definition) is 4. The summed E-state index contributed by atoms with van der Waals surface area (Å²) in [4.78, 5) is 12.4. The fraction of sp³-hybridized carbons (Fsp3) is 0.167. The van der Waals surface area contributed by atoms with Gasteiger partial charge in [-0.2, -0.15) is 0 Å². The first-order valence-electron chi connectivity index (χ1n) is 10.1. The smallest absolute Gasteiger partial charge is 0.264 e. The molecule has 0 atom stereocenters. The molecular weight excluding hydrogens is 442 g/mol. The summed E-state index contributed by atoms with van der Waals surface area (Å²) in [5, 5.41) is 5.72. The minimum absolute atomic E-state index is 0.152. The number of nitrogens with one attached hydrogen (secondary N) is 2. The highest BCUT2D eigenvalue weighted by Crippen LogP contribution is 2.24. The molecule has 0 spiro atoms. The van der Waals surface area contributed by atoms with Crippen LogP contribution in [0.1, 0.15) is 18.1 Å². The van der Waals surface area contributed by atoms with Crippen molar-refractivity contribution in [1.29, 1.82) is 0 Å². The molecule has 0 fully saturated rings. The Morgan fingerprint density at radius 2 is 1.56 bits per heavy atom. The fourth-order valence-corrected chi connectivity index (χ4v) is 4.94. The molecule has 1 amide bonds. The molecule has 0 aromatic heterocycles. The van der Waals surface area contributed by atoms with Crippen molar-refractivity contribution >= 4 is 44.6 Å². The van der Waals surface area contributed by atoms with Crippen LogP contribution in [0.15, 0.2) is 83.8 Å². The van der Waals surface area contributed by atoms with Crippen molar-refractivity contribution in [3.05, 3.63) is 90.0 Å². The lowest BCUT2D eigenvalue weighted by Crippen LogP contribution is -2.35. The third-order valence-corrected chi connectivity index (χ3v) is 7.02. The SMILES string of the molecule is CCN(c1ccccc1)S(=O)(=O)c1ccc(NC(=S)NC(=O)Cc2ccccc2C)cc1. The average Bonchev–Trinajstić information content (AvgIpc) is 2.76. The Bertz CT molecular complexity index is 1190. The summed E-state index contributed by atoms with van der Waals surface area (Å²) in [5.41, 5.74) is 3.15. The van der Waals surface area contributed by atoms with Gasteiger partial charge in [0, 0.05) is 12.2 Å². The molecule has 0 aliphatic rings. The molecule has 0 aliphatic carbocycles. The predicted octanol–water partition coefficient (Wildman–Crippen LogP) is 4.27. The van der Waals surface area contributed by atoms with E-state index in [4.69, 9.17) is 12.2 Å². The van der Waals surface area contributed by atoms with E-state index in [1.165, 1.54) is 16.4 Å². The molecule has 8 heteroatoms. The Kier molecular flexibility index (Phi) is 7.61. The number of carbonyl (C=O) groups excluding carboxylic acids is 1. The van der Waals surface area contributed by atoms with Crippen LogP contribution in [0.4, 0.5) is 11.4 Å². The van der Waals surface area contributed by atoms with Gasteiger partial charge in [-0.25, -0.2) is 8.42 Å². The molecule has 3 aromatic rings. The molecule has 0 aliphatic heterocycles. The Balaban J connectivity index is 1.64. The number of carbonyl (C=O) groups is 1. The van der Waals surface area contributed by atoms with Gasteiger partial charge in [0.2, 0.25) is 5.91 Å². The van der Waals surface area contributed by atoms with E-state index >= 15 is 0 Å². The normalized spacial score (nSPS) is 10.9. The summed E-state index contributed by atoms with van der Waals surface area (Å²) in [7, 11) is -3.70. The zero-order chi connectivity index (χ0) is 23.1. The molecule has 0 saturated heterocycles. The van der Waals surface area contributed by atoms with Crippen LogP contribution in [0.25, 0.3) is 0 Å². The zero-order valence-electron chi connectivity index (χ0n) is 17.9. The quantitative estimate of drug-likeness (QED) is 0.508. The van der Waals surface area contributed by atoms with Crippen LogP contribution in [0.5, 0.6) is 0 Å². The van der Waals surface area contributed by atoms with Crippen molar-refractivity contribution in [1.82, 2.24) is 5.32 Å². The maximum Gasteiger partial charge on any atom is 0.264 e. The lowest BCUT2D eigenvalue weighted by Gasteiger charge is -2.23. The van der Waals surface area contributed by atoms with Crippen LogP contribution < -0.4 is 14.9 Å². The standard InChI is InChI=1S/C24H25N3O3S2/c1-3-27(21-11-5-4-6-12-21)32(29,30)22-15-13-20(14-16-22)25-24(31)26-23(28)17-19-10-8-7-9-18(19)2/h4-16H,3,17H2,1-2H3,(H2,25,26,28,31). The summed E-state index contributed by atoms with van der Waals surface area (Å²) in [6, 6.07) is 22.9. The first-order valence-corrected chi connectivity index (χ1v) is 12.0. The number of nitrogens with zero attached hydrogens (tertiary/aromatic N) is 1. The van der Waals surface area contributed by atoms with Crippen LogP contribution in [0, 0.1) is 6.92 Å². The maximum absolute atomic E-state index is 13.1. The van der Waals surface area contributed by atoms with Gasteiger partial charge < -0.3 is 10.6 Å². The van der Waals surface area contributed by atoms with Gasteiger partial charge >= 0.3 is 0 Å². The summed E-state index contributed by atoms with van der Waals surface area (Å²) in [5.74, 6) is -0.225. The van der Waals surface area contributed by atoms with Gasteiger partial charge in [0.1, 0.15) is 0 Å². The number of thiocarbonyl (C=S) groups is 1. The summed E-state index contributed by atoms with van der Waals surface area (Å²) < 4.78 is 27.5. The Morgan fingerprint density at radius 3 is 2.19 bits per heavy atom. The van der Waals surface area contributed by atoms with Gasteiger partial charge in [0.05, 0.1) is 17.0 Å². The van der Waals surface area contributed by atoms with Crippen molar-refractivity contribution in [3.8, 4) is 0 Å². The maximum atomic E-state index is 13.1. The van der Waals surface area contributed by atoms with E-state index in [-0.39, 0.29) is 22.3 Å². The lowest BCUT2D eigenvalue weighted by atomic mass is 10.1. The van der Waals surface area contributed by atoms with Gasteiger partial charge in [0.25, 0.3) is 10.0 Å². The highest BCUT2D eigenvalue weighted by atomic mass is 32.2. The monoisotopic (exact) mass is 467 g/mol. The Labute approximate surface area is 194 Å². The first-order chi connectivity index (χ1) is 15.3. The molecule has 0 heterocycles. The van der Waals surface area contributed by atoms with Gasteiger partial charge in [-0.3, -0.25) is 9.10 Å². The van der Waals surface area contributed by atoms with Gasteiger partial charge in [-0.05, 0) is 73.6 Å². The largest absolute Gasteiger partial charge is 0.332 e. The van der Waals surface area contributed by atoms with E-state index < -0.39 is 10.0 Å². The van der Waals surface area contributed by atoms with E-state index in [9.17, 15) is 13.2 Å². The zero-order valence-corrected chi connectivity index (χ0v) is 19.5. The van der Waals surface area contributed by atoms with E-state index in [1.54, 1.807) is 43.3 Å². The number of sulfonamides is 1. The molecule has 3 rings (SSSR count). The molecule has 0 bridgehead atoms. The van der Waals surface area contributed by atoms with Crippen LogP contribution in [-0.4, -0.2) is 26.0 Å². The van der Waals surface area contributed by atoms with Crippen molar-refractivity contribution in [3.63, 3.8) is 0 Å². The number of hydrogen-bond donors (Lipinski definition) is 2. The molecule has 3 aromatic carbocycles. The molecule has 6 nitrogen and oxygen atoms in total. The molecule has 166 valence electrons. The van der Waals surface area contributed by atoms with E-state index in [0.29, 0.717) is 17.9 Å². The first kappa shape index (κ1) is 23.4. The minimum atomic E-state index is -3.70. The van der Waals surface area contributed by atoms with Crippen LogP contribution in [0.3, 0.4) is 0 Å². The van der Waals surface area contributed by atoms with Gasteiger partial charge in [0.15, 0.2) is 5.11 Å². The van der Waals surface area contributed by atoms with E-state index in [2.05, 4.69) is 10.6 Å². The predicted molar refractivity (Wildman–Crippen MR) is 132 cm³/mol. The molecule has 32 heavy (non-hydrogen) atoms. The van der Waals surface area contributed by atoms with Crippen molar-refractivity contribution in [2.75, 3.05) is 16.2 Å². The minimum Gasteiger partial charge on any atom is -0.332 e. The van der Waals surface area contributed by atoms with Crippen molar-refractivity contribution in [2.45, 2.75) is 25.2 Å². The Hall–Kier alpha value is -3.23. The van der Waals surface area contributed by atoms with Gasteiger partial charge in [-0.15, -0.1) is 0 Å². The lowest BCUT2D eigenvalue weighted by molar-refractivity contribution is -0.119. The number of para-hydroxylation sites is 1. The molecule has 0 saturated carbocycles. The topological polar surface area (TPSA) is 78.5 Å². The van der Waals surface area contributed by atoms with E-state index in [0.717, 1.165) is 11.1 Å². The van der Waals surface area contributed by atoms with E-state index in [1.807, 2.05) is 37.3 Å². The molecular formula is C24H25N3O3S2. The fourth-order valence-electron chi connectivity index (χ4n) is 3.24. The second kappa shape index (κ2) is 10.4. The molecule has 0 radical (unpaired) electrons. The molecule has 0 unspecified atom stereocenters.